The van der Waals surface area contributed by atoms with E-state index in [1.807, 2.05) is 48.3 Å². The average Bonchev–Trinajstić information content (AvgIpc) is 3.49. The van der Waals surface area contributed by atoms with Gasteiger partial charge in [-0.05, 0) is 30.7 Å². The first kappa shape index (κ1) is 23.4. The molecule has 2 atom stereocenters. The lowest BCUT2D eigenvalue weighted by Gasteiger charge is -2.37. The summed E-state index contributed by atoms with van der Waals surface area (Å²) in [5.41, 5.74) is 5.65. The Balaban J connectivity index is 1.27. The molecule has 10 nitrogen and oxygen atoms in total. The average molecular weight is 500 g/mol. The number of aromatic nitrogens is 4. The molecular formula is C27H29N7O3. The van der Waals surface area contributed by atoms with Gasteiger partial charge in [-0.1, -0.05) is 0 Å². The first-order chi connectivity index (χ1) is 18.0. The summed E-state index contributed by atoms with van der Waals surface area (Å²) in [5, 5.41) is 17.5. The van der Waals surface area contributed by atoms with Gasteiger partial charge in [0.25, 0.3) is 5.91 Å². The number of pyridine rings is 3. The molecular weight excluding hydrogens is 470 g/mol. The van der Waals surface area contributed by atoms with Crippen LogP contribution in [0.5, 0.6) is 0 Å². The van der Waals surface area contributed by atoms with Gasteiger partial charge in [0, 0.05) is 68.6 Å². The van der Waals surface area contributed by atoms with Crippen LogP contribution in [0.3, 0.4) is 0 Å². The number of ether oxygens (including phenoxy) is 1. The third-order valence-corrected chi connectivity index (χ3v) is 7.31. The van der Waals surface area contributed by atoms with Crippen LogP contribution in [0.2, 0.25) is 0 Å². The normalized spacial score (nSPS) is 19.2. The van der Waals surface area contributed by atoms with Gasteiger partial charge in [-0.2, -0.15) is 0 Å². The van der Waals surface area contributed by atoms with Crippen molar-refractivity contribution in [3.63, 3.8) is 0 Å². The molecule has 0 unspecified atom stereocenters. The van der Waals surface area contributed by atoms with E-state index in [4.69, 9.17) is 9.72 Å². The van der Waals surface area contributed by atoms with Gasteiger partial charge in [-0.25, -0.2) is 9.97 Å². The number of rotatable bonds is 6. The van der Waals surface area contributed by atoms with Gasteiger partial charge in [0.05, 0.1) is 47.7 Å². The van der Waals surface area contributed by atoms with E-state index in [-0.39, 0.29) is 17.9 Å². The van der Waals surface area contributed by atoms with E-state index in [0.717, 1.165) is 40.1 Å². The molecule has 3 N–H and O–H groups in total. The van der Waals surface area contributed by atoms with Crippen LogP contribution in [0.4, 0.5) is 17.2 Å². The molecule has 4 aromatic heterocycles. The molecule has 2 aliphatic rings. The van der Waals surface area contributed by atoms with Gasteiger partial charge in [-0.15, -0.1) is 0 Å². The van der Waals surface area contributed by atoms with Crippen LogP contribution in [-0.2, 0) is 18.3 Å². The van der Waals surface area contributed by atoms with Crippen molar-refractivity contribution < 1.29 is 14.6 Å². The molecule has 0 saturated carbocycles. The molecule has 0 aliphatic carbocycles. The van der Waals surface area contributed by atoms with E-state index in [9.17, 15) is 9.90 Å². The summed E-state index contributed by atoms with van der Waals surface area (Å²) in [6.07, 6.45) is 7.60. The number of methoxy groups -OCH3 is 1. The monoisotopic (exact) mass is 499 g/mol. The van der Waals surface area contributed by atoms with E-state index in [1.165, 1.54) is 0 Å². The van der Waals surface area contributed by atoms with Crippen LogP contribution in [0, 0.1) is 5.92 Å². The summed E-state index contributed by atoms with van der Waals surface area (Å²) in [6, 6.07) is 7.86. The fourth-order valence-electron chi connectivity index (χ4n) is 5.36. The maximum atomic E-state index is 12.8. The van der Waals surface area contributed by atoms with Crippen molar-refractivity contribution >= 4 is 34.1 Å². The number of aliphatic hydroxyl groups excluding tert-OH is 1. The van der Waals surface area contributed by atoms with E-state index in [2.05, 4.69) is 25.5 Å². The Hall–Kier alpha value is -4.02. The molecule has 0 bridgehead atoms. The number of anilines is 3. The number of hydrogen-bond donors (Lipinski definition) is 3. The highest BCUT2D eigenvalue weighted by Gasteiger charge is 2.29. The summed E-state index contributed by atoms with van der Waals surface area (Å²) in [5.74, 6) is 0.562. The van der Waals surface area contributed by atoms with Crippen LogP contribution in [0.1, 0.15) is 22.3 Å². The zero-order valence-corrected chi connectivity index (χ0v) is 20.8. The maximum absolute atomic E-state index is 12.8. The highest BCUT2D eigenvalue weighted by atomic mass is 16.5. The second-order valence-corrected chi connectivity index (χ2v) is 9.62. The smallest absolute Gasteiger partial charge is 0.254 e. The lowest BCUT2D eigenvalue weighted by molar-refractivity contribution is 0.0359. The van der Waals surface area contributed by atoms with Crippen molar-refractivity contribution in [1.29, 1.82) is 0 Å². The van der Waals surface area contributed by atoms with Gasteiger partial charge in [0.1, 0.15) is 11.5 Å². The fraction of sp³-hybridized carbons (Fsp3) is 0.333. The minimum absolute atomic E-state index is 0.0692. The van der Waals surface area contributed by atoms with Crippen molar-refractivity contribution in [1.82, 2.24) is 24.8 Å². The molecule has 6 rings (SSSR count). The van der Waals surface area contributed by atoms with Crippen molar-refractivity contribution in [3.05, 3.63) is 60.2 Å². The number of amides is 1. The number of carbonyl (C=O) groups excluding carboxylic acids is 1. The Morgan fingerprint density at radius 3 is 2.89 bits per heavy atom. The molecule has 190 valence electrons. The summed E-state index contributed by atoms with van der Waals surface area (Å²) in [7, 11) is 3.62. The molecule has 0 radical (unpaired) electrons. The molecule has 0 aromatic carbocycles. The van der Waals surface area contributed by atoms with E-state index in [0.29, 0.717) is 43.2 Å². The lowest BCUT2D eigenvalue weighted by atomic mass is 9.95. The van der Waals surface area contributed by atoms with Crippen LogP contribution in [0.25, 0.3) is 22.3 Å². The second kappa shape index (κ2) is 9.45. The first-order valence-electron chi connectivity index (χ1n) is 12.4. The SMILES string of the molecule is COC[C@@H]1CN(c2ccc(Nc3cnc(-c4ccnc5c4ccn5C)c4c3C(=O)NC4)nc2)CC[C@@H]1O. The molecule has 0 spiro atoms. The quantitative estimate of drug-likeness (QED) is 0.371. The number of aryl methyl sites for hydroxylation is 1. The molecule has 1 amide bonds. The Labute approximate surface area is 214 Å². The standard InChI is InChI=1S/C27H29N7O3/c1-33-9-6-19-18(5-8-28-26(19)33)25-20-12-31-27(36)24(20)21(13-30-25)32-23-4-3-17(11-29-23)34-10-7-22(35)16(14-34)15-37-2/h3-6,8-9,11,13,16,22,35H,7,10,12,14-15H2,1-2H3,(H,29,32)(H,31,36)/t16-,22-/m0/s1. The minimum atomic E-state index is -0.348. The van der Waals surface area contributed by atoms with Crippen molar-refractivity contribution in [3.8, 4) is 11.3 Å². The number of aliphatic hydroxyl groups is 1. The molecule has 1 fully saturated rings. The third-order valence-electron chi connectivity index (χ3n) is 7.31. The summed E-state index contributed by atoms with van der Waals surface area (Å²) < 4.78 is 7.24. The Bertz CT molecular complexity index is 1470. The topological polar surface area (TPSA) is 117 Å². The predicted molar refractivity (Wildman–Crippen MR) is 141 cm³/mol. The zero-order chi connectivity index (χ0) is 25.5. The summed E-state index contributed by atoms with van der Waals surface area (Å²) in [4.78, 5) is 28.9. The minimum Gasteiger partial charge on any atom is -0.393 e. The number of carbonyl (C=O) groups is 1. The maximum Gasteiger partial charge on any atom is 0.254 e. The van der Waals surface area contributed by atoms with Crippen LogP contribution < -0.4 is 15.5 Å². The Morgan fingerprint density at radius 2 is 2.08 bits per heavy atom. The Kier molecular flexibility index (Phi) is 5.97. The number of fused-ring (bicyclic) bond motifs is 2. The molecule has 2 aliphatic heterocycles. The highest BCUT2D eigenvalue weighted by molar-refractivity contribution is 6.06. The van der Waals surface area contributed by atoms with E-state index < -0.39 is 0 Å². The number of nitrogens with one attached hydrogen (secondary N) is 2. The largest absolute Gasteiger partial charge is 0.393 e. The van der Waals surface area contributed by atoms with E-state index in [1.54, 1.807) is 19.5 Å². The molecule has 4 aromatic rings. The molecule has 1 saturated heterocycles. The molecule has 10 heteroatoms. The van der Waals surface area contributed by atoms with Crippen molar-refractivity contribution in [2.75, 3.05) is 37.0 Å². The first-order valence-corrected chi connectivity index (χ1v) is 12.4. The van der Waals surface area contributed by atoms with E-state index >= 15 is 0 Å². The van der Waals surface area contributed by atoms with Crippen molar-refractivity contribution in [2.24, 2.45) is 13.0 Å². The highest BCUT2D eigenvalue weighted by Crippen LogP contribution is 2.36. The number of piperidine rings is 1. The van der Waals surface area contributed by atoms with Crippen LogP contribution in [-0.4, -0.2) is 63.4 Å². The summed E-state index contributed by atoms with van der Waals surface area (Å²) >= 11 is 0. The molecule has 6 heterocycles. The Morgan fingerprint density at radius 1 is 1.19 bits per heavy atom. The van der Waals surface area contributed by atoms with Gasteiger partial charge < -0.3 is 29.9 Å². The van der Waals surface area contributed by atoms with Gasteiger partial charge in [-0.3, -0.25) is 9.78 Å². The predicted octanol–water partition coefficient (Wildman–Crippen LogP) is 2.85. The van der Waals surface area contributed by atoms with Crippen LogP contribution >= 0.6 is 0 Å². The zero-order valence-electron chi connectivity index (χ0n) is 20.8. The number of hydrogen-bond acceptors (Lipinski definition) is 8. The van der Waals surface area contributed by atoms with Crippen LogP contribution in [0.15, 0.2) is 49.1 Å². The third kappa shape index (κ3) is 4.17. The summed E-state index contributed by atoms with van der Waals surface area (Å²) in [6.45, 7) is 2.42. The van der Waals surface area contributed by atoms with Gasteiger partial charge in [0.15, 0.2) is 0 Å². The fourth-order valence-corrected chi connectivity index (χ4v) is 5.36. The van der Waals surface area contributed by atoms with Gasteiger partial charge >= 0.3 is 0 Å². The number of nitrogens with zero attached hydrogens (tertiary/aromatic N) is 5. The second-order valence-electron chi connectivity index (χ2n) is 9.62. The lowest BCUT2D eigenvalue weighted by Crippen LogP contribution is -2.45. The molecule has 37 heavy (non-hydrogen) atoms. The van der Waals surface area contributed by atoms with Crippen molar-refractivity contribution in [2.45, 2.75) is 19.1 Å². The van der Waals surface area contributed by atoms with Gasteiger partial charge in [0.2, 0.25) is 0 Å².